The molecule has 0 radical (unpaired) electrons. The van der Waals surface area contributed by atoms with Crippen molar-refractivity contribution in [3.8, 4) is 0 Å². The molecule has 0 saturated carbocycles. The van der Waals surface area contributed by atoms with Gasteiger partial charge in [0.05, 0.1) is 0 Å². The zero-order valence-corrected chi connectivity index (χ0v) is 15.6. The lowest BCUT2D eigenvalue weighted by Gasteiger charge is -2.30. The molecule has 0 aliphatic carbocycles. The fourth-order valence-corrected chi connectivity index (χ4v) is 4.24. The summed E-state index contributed by atoms with van der Waals surface area (Å²) in [4.78, 5) is 16.3. The fraction of sp³-hybridized carbons (Fsp3) is 0.450. The van der Waals surface area contributed by atoms with Crippen molar-refractivity contribution in [1.29, 1.82) is 0 Å². The minimum Gasteiger partial charge on any atom is -0.313 e. The largest absolute Gasteiger partial charge is 0.313 e. The van der Waals surface area contributed by atoms with Gasteiger partial charge in [0, 0.05) is 22.5 Å². The van der Waals surface area contributed by atoms with Gasteiger partial charge in [-0.2, -0.15) is 0 Å². The number of anilines is 1. The summed E-state index contributed by atoms with van der Waals surface area (Å²) in [7, 11) is 0. The third-order valence-corrected chi connectivity index (χ3v) is 6.20. The second-order valence-corrected chi connectivity index (χ2v) is 8.09. The summed E-state index contributed by atoms with van der Waals surface area (Å²) in [6.07, 6.45) is 2.54. The average Bonchev–Trinajstić information content (AvgIpc) is 2.85. The van der Waals surface area contributed by atoms with Gasteiger partial charge < -0.3 is 5.32 Å². The zero-order valence-electron chi connectivity index (χ0n) is 14.8. The van der Waals surface area contributed by atoms with Gasteiger partial charge in [0.25, 0.3) is 5.91 Å². The van der Waals surface area contributed by atoms with E-state index in [9.17, 15) is 4.79 Å². The van der Waals surface area contributed by atoms with Gasteiger partial charge in [0.2, 0.25) is 0 Å². The lowest BCUT2D eigenvalue weighted by atomic mass is 9.98. The number of nitrogens with zero attached hydrogens (tertiary/aromatic N) is 1. The number of nitrogens with one attached hydrogen (secondary N) is 1. The lowest BCUT2D eigenvalue weighted by molar-refractivity contribution is 0.102. The summed E-state index contributed by atoms with van der Waals surface area (Å²) in [6, 6.07) is 9.44. The van der Waals surface area contributed by atoms with Gasteiger partial charge >= 0.3 is 0 Å². The van der Waals surface area contributed by atoms with E-state index in [1.807, 2.05) is 30.3 Å². The molecule has 3 rings (SSSR count). The molecule has 2 aromatic rings. The fourth-order valence-electron chi connectivity index (χ4n) is 3.17. The Morgan fingerprint density at radius 1 is 1.21 bits per heavy atom. The van der Waals surface area contributed by atoms with Gasteiger partial charge in [-0.05, 0) is 63.4 Å². The molecule has 0 spiro atoms. The average molecular weight is 343 g/mol. The first kappa shape index (κ1) is 17.2. The summed E-state index contributed by atoms with van der Waals surface area (Å²) in [5.41, 5.74) is 3.32. The number of likely N-dealkylation sites (tertiary alicyclic amines) is 1. The van der Waals surface area contributed by atoms with E-state index in [0.717, 1.165) is 30.6 Å². The van der Waals surface area contributed by atoms with E-state index in [4.69, 9.17) is 0 Å². The number of carbonyl (C=O) groups is 1. The van der Waals surface area contributed by atoms with Crippen LogP contribution in [0.5, 0.6) is 0 Å². The van der Waals surface area contributed by atoms with Gasteiger partial charge in [0.1, 0.15) is 5.00 Å². The van der Waals surface area contributed by atoms with Crippen LogP contribution in [0.3, 0.4) is 0 Å². The molecular weight excluding hydrogens is 316 g/mol. The molecule has 1 aliphatic heterocycles. The van der Waals surface area contributed by atoms with E-state index >= 15 is 0 Å². The quantitative estimate of drug-likeness (QED) is 0.861. The minimum atomic E-state index is -0.0228. The van der Waals surface area contributed by atoms with Crippen molar-refractivity contribution < 1.29 is 4.79 Å². The molecular formula is C20H26N2OS. The molecule has 128 valence electrons. The number of amides is 1. The highest BCUT2D eigenvalue weighted by molar-refractivity contribution is 7.16. The van der Waals surface area contributed by atoms with Gasteiger partial charge in [-0.3, -0.25) is 9.69 Å². The normalized spacial score (nSPS) is 16.3. The number of thiophene rings is 1. The molecule has 0 bridgehead atoms. The number of aryl methyl sites for hydroxylation is 1. The first-order valence-electron chi connectivity index (χ1n) is 8.72. The molecule has 1 aromatic carbocycles. The highest BCUT2D eigenvalue weighted by Crippen LogP contribution is 2.34. The second kappa shape index (κ2) is 7.49. The van der Waals surface area contributed by atoms with Gasteiger partial charge in [-0.25, -0.2) is 0 Å². The van der Waals surface area contributed by atoms with E-state index in [0.29, 0.717) is 5.56 Å². The van der Waals surface area contributed by atoms with Crippen LogP contribution < -0.4 is 5.32 Å². The van der Waals surface area contributed by atoms with E-state index in [-0.39, 0.29) is 5.91 Å². The molecule has 1 aromatic heterocycles. The van der Waals surface area contributed by atoms with E-state index in [1.54, 1.807) is 11.3 Å². The van der Waals surface area contributed by atoms with E-state index in [2.05, 4.69) is 31.0 Å². The Labute approximate surface area is 148 Å². The van der Waals surface area contributed by atoms with Crippen molar-refractivity contribution in [1.82, 2.24) is 4.90 Å². The lowest BCUT2D eigenvalue weighted by Crippen LogP contribution is -2.32. The molecule has 1 fully saturated rings. The van der Waals surface area contributed by atoms with Crippen molar-refractivity contribution >= 4 is 22.2 Å². The van der Waals surface area contributed by atoms with Crippen LogP contribution in [-0.2, 0) is 6.54 Å². The van der Waals surface area contributed by atoms with Crippen LogP contribution in [0.15, 0.2) is 30.3 Å². The smallest absolute Gasteiger partial charge is 0.256 e. The predicted octanol–water partition coefficient (Wildman–Crippen LogP) is 4.85. The van der Waals surface area contributed by atoms with Crippen molar-refractivity contribution in [2.45, 2.75) is 40.2 Å². The summed E-state index contributed by atoms with van der Waals surface area (Å²) in [6.45, 7) is 9.89. The molecule has 3 nitrogen and oxygen atoms in total. The number of rotatable bonds is 4. The highest BCUT2D eigenvalue weighted by Gasteiger charge is 2.21. The molecule has 1 amide bonds. The van der Waals surface area contributed by atoms with Crippen molar-refractivity contribution in [2.24, 2.45) is 5.92 Å². The Balaban J connectivity index is 1.76. The maximum absolute atomic E-state index is 12.5. The Bertz CT molecular complexity index is 700. The van der Waals surface area contributed by atoms with Gasteiger partial charge in [-0.15, -0.1) is 11.3 Å². The van der Waals surface area contributed by atoms with Gasteiger partial charge in [-0.1, -0.05) is 25.1 Å². The molecule has 1 saturated heterocycles. The van der Waals surface area contributed by atoms with E-state index < -0.39 is 0 Å². The third-order valence-electron chi connectivity index (χ3n) is 5.03. The Morgan fingerprint density at radius 2 is 1.88 bits per heavy atom. The predicted molar refractivity (Wildman–Crippen MR) is 102 cm³/mol. The van der Waals surface area contributed by atoms with Crippen LogP contribution in [0.25, 0.3) is 0 Å². The molecule has 2 heterocycles. The SMILES string of the molecule is Cc1sc(NC(=O)c2ccccc2)c(CN2CCC(C)CC2)c1C. The Morgan fingerprint density at radius 3 is 2.54 bits per heavy atom. The molecule has 0 unspecified atom stereocenters. The summed E-state index contributed by atoms with van der Waals surface area (Å²) < 4.78 is 0. The van der Waals surface area contributed by atoms with E-state index in [1.165, 1.54) is 28.8 Å². The molecule has 24 heavy (non-hydrogen) atoms. The molecule has 1 N–H and O–H groups in total. The number of carbonyl (C=O) groups excluding carboxylic acids is 1. The summed E-state index contributed by atoms with van der Waals surface area (Å²) in [5, 5.41) is 4.15. The Hall–Kier alpha value is -1.65. The number of hydrogen-bond donors (Lipinski definition) is 1. The first-order chi connectivity index (χ1) is 11.5. The highest BCUT2D eigenvalue weighted by atomic mass is 32.1. The summed E-state index contributed by atoms with van der Waals surface area (Å²) >= 11 is 1.69. The van der Waals surface area contributed by atoms with Crippen molar-refractivity contribution in [3.05, 3.63) is 51.9 Å². The maximum Gasteiger partial charge on any atom is 0.256 e. The summed E-state index contributed by atoms with van der Waals surface area (Å²) in [5.74, 6) is 0.814. The zero-order chi connectivity index (χ0) is 17.1. The van der Waals surface area contributed by atoms with Crippen LogP contribution in [-0.4, -0.2) is 23.9 Å². The number of benzene rings is 1. The maximum atomic E-state index is 12.5. The number of piperidine rings is 1. The van der Waals surface area contributed by atoms with Crippen molar-refractivity contribution in [3.63, 3.8) is 0 Å². The monoisotopic (exact) mass is 342 g/mol. The minimum absolute atomic E-state index is 0.0228. The molecule has 1 aliphatic rings. The van der Waals surface area contributed by atoms with Crippen LogP contribution >= 0.6 is 11.3 Å². The van der Waals surface area contributed by atoms with Crippen molar-refractivity contribution in [2.75, 3.05) is 18.4 Å². The van der Waals surface area contributed by atoms with Crippen LogP contribution in [0.4, 0.5) is 5.00 Å². The third kappa shape index (κ3) is 3.87. The van der Waals surface area contributed by atoms with Gasteiger partial charge in [0.15, 0.2) is 0 Å². The Kier molecular flexibility index (Phi) is 5.36. The first-order valence-corrected chi connectivity index (χ1v) is 9.54. The van der Waals surface area contributed by atoms with Crippen LogP contribution in [0, 0.1) is 19.8 Å². The van der Waals surface area contributed by atoms with Crippen LogP contribution in [0.1, 0.15) is 46.1 Å². The molecule has 0 atom stereocenters. The molecule has 4 heteroatoms. The van der Waals surface area contributed by atoms with Crippen LogP contribution in [0.2, 0.25) is 0 Å². The topological polar surface area (TPSA) is 32.3 Å². The number of hydrogen-bond acceptors (Lipinski definition) is 3. The standard InChI is InChI=1S/C20H26N2OS/c1-14-9-11-22(12-10-14)13-18-15(2)16(3)24-20(18)21-19(23)17-7-5-4-6-8-17/h4-8,14H,9-13H2,1-3H3,(H,21,23). The second-order valence-electron chi connectivity index (χ2n) is 6.87.